The third-order valence-electron chi connectivity index (χ3n) is 3.00. The molecule has 0 bridgehead atoms. The molecular formula is C15H14N4O. The van der Waals surface area contributed by atoms with Crippen molar-refractivity contribution in [3.63, 3.8) is 0 Å². The molecule has 0 spiro atoms. The summed E-state index contributed by atoms with van der Waals surface area (Å²) in [7, 11) is 0. The lowest BCUT2D eigenvalue weighted by Crippen LogP contribution is -2.13. The van der Waals surface area contributed by atoms with Crippen molar-refractivity contribution in [2.24, 2.45) is 0 Å². The van der Waals surface area contributed by atoms with Crippen molar-refractivity contribution >= 4 is 16.9 Å². The molecule has 0 unspecified atom stereocenters. The van der Waals surface area contributed by atoms with Crippen LogP contribution in [-0.2, 0) is 6.54 Å². The summed E-state index contributed by atoms with van der Waals surface area (Å²) >= 11 is 0. The molecule has 100 valence electrons. The van der Waals surface area contributed by atoms with E-state index in [0.29, 0.717) is 23.4 Å². The minimum atomic E-state index is -0.143. The van der Waals surface area contributed by atoms with Gasteiger partial charge in [-0.15, -0.1) is 0 Å². The quantitative estimate of drug-likeness (QED) is 0.762. The molecule has 0 saturated carbocycles. The van der Waals surface area contributed by atoms with Crippen LogP contribution in [0, 0.1) is 6.92 Å². The predicted molar refractivity (Wildman–Crippen MR) is 78.7 cm³/mol. The van der Waals surface area contributed by atoms with E-state index < -0.39 is 0 Å². The fourth-order valence-electron chi connectivity index (χ4n) is 2.04. The van der Waals surface area contributed by atoms with Gasteiger partial charge in [0.15, 0.2) is 0 Å². The summed E-state index contributed by atoms with van der Waals surface area (Å²) in [6, 6.07) is 13.1. The van der Waals surface area contributed by atoms with Gasteiger partial charge in [-0.25, -0.2) is 4.98 Å². The van der Waals surface area contributed by atoms with Gasteiger partial charge in [-0.3, -0.25) is 14.8 Å². The van der Waals surface area contributed by atoms with Crippen LogP contribution in [0.1, 0.15) is 11.4 Å². The van der Waals surface area contributed by atoms with Gasteiger partial charge in [0.2, 0.25) is 5.95 Å². The Balaban J connectivity index is 1.86. The van der Waals surface area contributed by atoms with Gasteiger partial charge in [0.05, 0.1) is 23.1 Å². The van der Waals surface area contributed by atoms with Crippen molar-refractivity contribution in [3.05, 3.63) is 64.2 Å². The molecule has 2 aromatic heterocycles. The summed E-state index contributed by atoms with van der Waals surface area (Å²) in [5.41, 5.74) is 2.40. The zero-order valence-electron chi connectivity index (χ0n) is 11.1. The summed E-state index contributed by atoms with van der Waals surface area (Å²) in [6.45, 7) is 2.46. The Labute approximate surface area is 115 Å². The van der Waals surface area contributed by atoms with Crippen LogP contribution < -0.4 is 10.9 Å². The Kier molecular flexibility index (Phi) is 3.16. The highest BCUT2D eigenvalue weighted by molar-refractivity contribution is 5.78. The number of nitrogens with zero attached hydrogens (tertiary/aromatic N) is 2. The number of hydrogen-bond donors (Lipinski definition) is 2. The molecule has 0 radical (unpaired) electrons. The average Bonchev–Trinajstić information content (AvgIpc) is 2.45. The van der Waals surface area contributed by atoms with E-state index in [0.717, 1.165) is 11.4 Å². The molecule has 20 heavy (non-hydrogen) atoms. The first-order valence-corrected chi connectivity index (χ1v) is 6.38. The van der Waals surface area contributed by atoms with Crippen LogP contribution in [0.25, 0.3) is 10.9 Å². The van der Waals surface area contributed by atoms with Crippen LogP contribution in [0.4, 0.5) is 5.95 Å². The number of fused-ring (bicyclic) bond motifs is 1. The maximum absolute atomic E-state index is 11.9. The fraction of sp³-hybridized carbons (Fsp3) is 0.133. The normalized spacial score (nSPS) is 10.7. The van der Waals surface area contributed by atoms with Crippen molar-refractivity contribution in [2.75, 3.05) is 5.32 Å². The molecule has 0 atom stereocenters. The van der Waals surface area contributed by atoms with Crippen molar-refractivity contribution in [1.82, 2.24) is 15.0 Å². The van der Waals surface area contributed by atoms with E-state index in [-0.39, 0.29) is 5.56 Å². The van der Waals surface area contributed by atoms with Crippen LogP contribution in [0.3, 0.4) is 0 Å². The minimum absolute atomic E-state index is 0.143. The van der Waals surface area contributed by atoms with Crippen LogP contribution in [0.2, 0.25) is 0 Å². The van der Waals surface area contributed by atoms with E-state index in [2.05, 4.69) is 20.3 Å². The Hall–Kier alpha value is -2.69. The fourth-order valence-corrected chi connectivity index (χ4v) is 2.04. The number of nitrogens with one attached hydrogen (secondary N) is 2. The van der Waals surface area contributed by atoms with Gasteiger partial charge in [-0.2, -0.15) is 0 Å². The van der Waals surface area contributed by atoms with Crippen LogP contribution in [0.5, 0.6) is 0 Å². The van der Waals surface area contributed by atoms with Crippen molar-refractivity contribution in [2.45, 2.75) is 13.5 Å². The molecule has 0 aliphatic rings. The Morgan fingerprint density at radius 3 is 2.80 bits per heavy atom. The zero-order chi connectivity index (χ0) is 13.9. The van der Waals surface area contributed by atoms with Crippen LogP contribution in [-0.4, -0.2) is 15.0 Å². The number of anilines is 1. The molecule has 0 aliphatic carbocycles. The van der Waals surface area contributed by atoms with Crippen molar-refractivity contribution < 1.29 is 0 Å². The second-order valence-electron chi connectivity index (χ2n) is 4.56. The summed E-state index contributed by atoms with van der Waals surface area (Å²) in [5.74, 6) is 0.456. The monoisotopic (exact) mass is 266 g/mol. The minimum Gasteiger partial charge on any atom is -0.350 e. The number of benzene rings is 1. The molecule has 0 amide bonds. The maximum Gasteiger partial charge on any atom is 0.260 e. The third-order valence-corrected chi connectivity index (χ3v) is 3.00. The number of aryl methyl sites for hydroxylation is 1. The summed E-state index contributed by atoms with van der Waals surface area (Å²) < 4.78 is 0. The number of aromatic nitrogens is 3. The molecule has 2 N–H and O–H groups in total. The lowest BCUT2D eigenvalue weighted by atomic mass is 10.2. The third kappa shape index (κ3) is 2.51. The van der Waals surface area contributed by atoms with E-state index in [1.165, 1.54) is 0 Å². The Morgan fingerprint density at radius 2 is 1.95 bits per heavy atom. The SMILES string of the molecule is Cc1cccc(CNc2nc3ccccc3c(=O)[nH]2)n1. The Morgan fingerprint density at radius 1 is 1.10 bits per heavy atom. The largest absolute Gasteiger partial charge is 0.350 e. The number of pyridine rings is 1. The van der Waals surface area contributed by atoms with Crippen molar-refractivity contribution in [3.8, 4) is 0 Å². The number of hydrogen-bond acceptors (Lipinski definition) is 4. The second-order valence-corrected chi connectivity index (χ2v) is 4.56. The number of para-hydroxylation sites is 1. The summed E-state index contributed by atoms with van der Waals surface area (Å²) in [6.07, 6.45) is 0. The molecule has 3 aromatic rings. The standard InChI is InChI=1S/C15H14N4O/c1-10-5-4-6-11(17-10)9-16-15-18-13-8-3-2-7-12(13)14(20)19-15/h2-8H,9H2,1H3,(H2,16,18,19,20). The molecule has 3 rings (SSSR count). The highest BCUT2D eigenvalue weighted by Crippen LogP contribution is 2.08. The van der Waals surface area contributed by atoms with Gasteiger partial charge in [0.25, 0.3) is 5.56 Å². The number of H-pyrrole nitrogens is 1. The first-order chi connectivity index (χ1) is 9.72. The predicted octanol–water partition coefficient (Wildman–Crippen LogP) is 2.24. The van der Waals surface area contributed by atoms with E-state index in [1.54, 1.807) is 6.07 Å². The van der Waals surface area contributed by atoms with Gasteiger partial charge in [-0.05, 0) is 31.2 Å². The number of rotatable bonds is 3. The van der Waals surface area contributed by atoms with E-state index in [9.17, 15) is 4.79 Å². The van der Waals surface area contributed by atoms with E-state index in [1.807, 2.05) is 43.3 Å². The topological polar surface area (TPSA) is 70.7 Å². The zero-order valence-corrected chi connectivity index (χ0v) is 11.1. The maximum atomic E-state index is 11.9. The van der Waals surface area contributed by atoms with Gasteiger partial charge < -0.3 is 5.32 Å². The lowest BCUT2D eigenvalue weighted by molar-refractivity contribution is 0.985. The second kappa shape index (κ2) is 5.13. The van der Waals surface area contributed by atoms with Gasteiger partial charge in [-0.1, -0.05) is 18.2 Å². The molecule has 0 saturated heterocycles. The molecule has 2 heterocycles. The molecule has 0 fully saturated rings. The number of aromatic amines is 1. The first kappa shape index (κ1) is 12.3. The van der Waals surface area contributed by atoms with Gasteiger partial charge in [0, 0.05) is 5.69 Å². The van der Waals surface area contributed by atoms with Gasteiger partial charge >= 0.3 is 0 Å². The lowest BCUT2D eigenvalue weighted by Gasteiger charge is -2.06. The first-order valence-electron chi connectivity index (χ1n) is 6.38. The molecule has 1 aromatic carbocycles. The van der Waals surface area contributed by atoms with Crippen LogP contribution >= 0.6 is 0 Å². The molecular weight excluding hydrogens is 252 g/mol. The molecule has 5 heteroatoms. The summed E-state index contributed by atoms with van der Waals surface area (Å²) in [5, 5.41) is 3.68. The van der Waals surface area contributed by atoms with Crippen molar-refractivity contribution in [1.29, 1.82) is 0 Å². The van der Waals surface area contributed by atoms with E-state index in [4.69, 9.17) is 0 Å². The average molecular weight is 266 g/mol. The van der Waals surface area contributed by atoms with Gasteiger partial charge in [0.1, 0.15) is 0 Å². The molecule has 0 aliphatic heterocycles. The smallest absolute Gasteiger partial charge is 0.260 e. The highest BCUT2D eigenvalue weighted by atomic mass is 16.1. The van der Waals surface area contributed by atoms with Crippen LogP contribution in [0.15, 0.2) is 47.3 Å². The molecule has 5 nitrogen and oxygen atoms in total. The summed E-state index contributed by atoms with van der Waals surface area (Å²) in [4.78, 5) is 23.4. The highest BCUT2D eigenvalue weighted by Gasteiger charge is 2.03. The Bertz CT molecular complexity index is 810. The van der Waals surface area contributed by atoms with E-state index >= 15 is 0 Å².